The number of rotatable bonds is 7. The molecule has 2 rings (SSSR count). The van der Waals surface area contributed by atoms with E-state index in [0.29, 0.717) is 16.5 Å². The number of carbonyl (C=O) groups excluding carboxylic acids is 1. The molecule has 0 unspecified atom stereocenters. The van der Waals surface area contributed by atoms with E-state index in [-0.39, 0.29) is 12.3 Å². The van der Waals surface area contributed by atoms with Crippen molar-refractivity contribution in [1.29, 1.82) is 0 Å². The molecule has 0 spiro atoms. The quantitative estimate of drug-likeness (QED) is 0.807. The van der Waals surface area contributed by atoms with E-state index in [1.807, 2.05) is 24.3 Å². The van der Waals surface area contributed by atoms with Crippen molar-refractivity contribution < 1.29 is 14.7 Å². The Kier molecular flexibility index (Phi) is 5.53. The molecule has 6 heteroatoms. The number of hydrogen-bond donors (Lipinski definition) is 2. The fraction of sp³-hybridized carbons (Fsp3) is 0.467. The lowest BCUT2D eigenvalue weighted by atomic mass is 9.74. The first-order chi connectivity index (χ1) is 9.99. The molecule has 1 saturated carbocycles. The molecule has 1 fully saturated rings. The maximum atomic E-state index is 11.9. The van der Waals surface area contributed by atoms with Gasteiger partial charge in [-0.1, -0.05) is 23.7 Å². The number of thioether (sulfide) groups is 1. The molecule has 114 valence electrons. The lowest BCUT2D eigenvalue weighted by Crippen LogP contribution is -2.55. The zero-order valence-corrected chi connectivity index (χ0v) is 13.2. The summed E-state index contributed by atoms with van der Waals surface area (Å²) >= 11 is 7.40. The Morgan fingerprint density at radius 1 is 1.38 bits per heavy atom. The zero-order chi connectivity index (χ0) is 15.3. The predicted octanol–water partition coefficient (Wildman–Crippen LogP) is 3.09. The summed E-state index contributed by atoms with van der Waals surface area (Å²) in [6.07, 6.45) is 2.49. The maximum Gasteiger partial charge on any atom is 0.305 e. The first-order valence-electron chi connectivity index (χ1n) is 6.84. The van der Waals surface area contributed by atoms with Crippen LogP contribution in [0.15, 0.2) is 24.3 Å². The summed E-state index contributed by atoms with van der Waals surface area (Å²) in [6, 6.07) is 7.54. The van der Waals surface area contributed by atoms with Crippen molar-refractivity contribution in [3.63, 3.8) is 0 Å². The van der Waals surface area contributed by atoms with Gasteiger partial charge in [0.05, 0.1) is 17.7 Å². The molecule has 1 aromatic rings. The van der Waals surface area contributed by atoms with Crippen LogP contribution in [0.1, 0.15) is 31.2 Å². The fourth-order valence-corrected chi connectivity index (χ4v) is 3.45. The summed E-state index contributed by atoms with van der Waals surface area (Å²) in [7, 11) is 0. The molecule has 1 amide bonds. The first kappa shape index (κ1) is 16.2. The second kappa shape index (κ2) is 7.18. The number of nitrogens with one attached hydrogen (secondary N) is 1. The molecule has 0 radical (unpaired) electrons. The van der Waals surface area contributed by atoms with Gasteiger partial charge >= 0.3 is 5.97 Å². The fourth-order valence-electron chi connectivity index (χ4n) is 2.46. The molecular weight excluding hydrogens is 310 g/mol. The number of hydrogen-bond acceptors (Lipinski definition) is 3. The molecule has 4 nitrogen and oxygen atoms in total. The highest BCUT2D eigenvalue weighted by molar-refractivity contribution is 7.99. The van der Waals surface area contributed by atoms with Crippen LogP contribution in [0, 0.1) is 0 Å². The number of carboxylic acid groups (broad SMARTS) is 1. The average Bonchev–Trinajstić information content (AvgIpc) is 2.35. The van der Waals surface area contributed by atoms with Crippen molar-refractivity contribution in [3.8, 4) is 0 Å². The van der Waals surface area contributed by atoms with Crippen LogP contribution in [0.25, 0.3) is 0 Å². The van der Waals surface area contributed by atoms with Crippen LogP contribution in [-0.4, -0.2) is 28.3 Å². The number of halogens is 1. The third-order valence-electron chi connectivity index (χ3n) is 3.60. The standard InChI is InChI=1S/C15H18ClNO3S/c16-12-4-1-3-11(7-12)9-21-10-13(18)17-15(5-2-6-15)8-14(19)20/h1,3-4,7H,2,5-6,8-10H2,(H,17,18)(H,19,20). The van der Waals surface area contributed by atoms with Gasteiger partial charge in [-0.05, 0) is 37.0 Å². The van der Waals surface area contributed by atoms with Gasteiger partial charge < -0.3 is 10.4 Å². The average molecular weight is 328 g/mol. The van der Waals surface area contributed by atoms with Crippen LogP contribution in [0.4, 0.5) is 0 Å². The van der Waals surface area contributed by atoms with Crippen molar-refractivity contribution in [2.24, 2.45) is 0 Å². The van der Waals surface area contributed by atoms with Gasteiger partial charge in [0.2, 0.25) is 5.91 Å². The molecule has 0 aliphatic heterocycles. The smallest absolute Gasteiger partial charge is 0.305 e. The van der Waals surface area contributed by atoms with Gasteiger partial charge in [0.15, 0.2) is 0 Å². The first-order valence-corrected chi connectivity index (χ1v) is 8.37. The Morgan fingerprint density at radius 2 is 2.14 bits per heavy atom. The van der Waals surface area contributed by atoms with E-state index >= 15 is 0 Å². The van der Waals surface area contributed by atoms with E-state index in [1.54, 1.807) is 0 Å². The lowest BCUT2D eigenvalue weighted by molar-refractivity contribution is -0.140. The molecule has 0 bridgehead atoms. The number of amides is 1. The minimum Gasteiger partial charge on any atom is -0.481 e. The van der Waals surface area contributed by atoms with Gasteiger partial charge in [-0.2, -0.15) is 0 Å². The molecule has 1 aromatic carbocycles. The van der Waals surface area contributed by atoms with Gasteiger partial charge in [0.1, 0.15) is 0 Å². The van der Waals surface area contributed by atoms with E-state index in [1.165, 1.54) is 11.8 Å². The second-order valence-electron chi connectivity index (χ2n) is 5.38. The second-order valence-corrected chi connectivity index (χ2v) is 6.80. The summed E-state index contributed by atoms with van der Waals surface area (Å²) in [4.78, 5) is 22.8. The van der Waals surface area contributed by atoms with Gasteiger partial charge in [-0.25, -0.2) is 0 Å². The molecular formula is C15H18ClNO3S. The van der Waals surface area contributed by atoms with Gasteiger partial charge in [-0.3, -0.25) is 9.59 Å². The van der Waals surface area contributed by atoms with Crippen molar-refractivity contribution in [2.45, 2.75) is 37.0 Å². The molecule has 1 aliphatic carbocycles. The molecule has 0 heterocycles. The summed E-state index contributed by atoms with van der Waals surface area (Å²) in [6.45, 7) is 0. The molecule has 21 heavy (non-hydrogen) atoms. The zero-order valence-electron chi connectivity index (χ0n) is 11.6. The highest BCUT2D eigenvalue weighted by Gasteiger charge is 2.40. The van der Waals surface area contributed by atoms with E-state index in [4.69, 9.17) is 16.7 Å². The molecule has 2 N–H and O–H groups in total. The van der Waals surface area contributed by atoms with Gasteiger partial charge in [0.25, 0.3) is 0 Å². The molecule has 0 aromatic heterocycles. The van der Waals surface area contributed by atoms with E-state index < -0.39 is 11.5 Å². The highest BCUT2D eigenvalue weighted by Crippen LogP contribution is 2.35. The molecule has 1 aliphatic rings. The SMILES string of the molecule is O=C(O)CC1(NC(=O)CSCc2cccc(Cl)c2)CCC1. The van der Waals surface area contributed by atoms with Crippen LogP contribution < -0.4 is 5.32 Å². The number of benzene rings is 1. The number of carbonyl (C=O) groups is 2. The lowest BCUT2D eigenvalue weighted by Gasteiger charge is -2.41. The van der Waals surface area contributed by atoms with E-state index in [2.05, 4.69) is 5.32 Å². The summed E-state index contributed by atoms with van der Waals surface area (Å²) in [5, 5.41) is 12.5. The van der Waals surface area contributed by atoms with E-state index in [0.717, 1.165) is 24.8 Å². The largest absolute Gasteiger partial charge is 0.481 e. The van der Waals surface area contributed by atoms with Crippen LogP contribution in [0.2, 0.25) is 5.02 Å². The minimum atomic E-state index is -0.860. The van der Waals surface area contributed by atoms with Gasteiger partial charge in [0, 0.05) is 10.8 Å². The predicted molar refractivity (Wildman–Crippen MR) is 84.6 cm³/mol. The molecule has 0 saturated heterocycles. The minimum absolute atomic E-state index is 0.0116. The topological polar surface area (TPSA) is 66.4 Å². The van der Waals surface area contributed by atoms with Crippen LogP contribution in [0.3, 0.4) is 0 Å². The van der Waals surface area contributed by atoms with Crippen molar-refractivity contribution in [3.05, 3.63) is 34.9 Å². The van der Waals surface area contributed by atoms with Gasteiger partial charge in [-0.15, -0.1) is 11.8 Å². The Bertz CT molecular complexity index is 531. The Balaban J connectivity index is 1.76. The van der Waals surface area contributed by atoms with Crippen molar-refractivity contribution in [1.82, 2.24) is 5.32 Å². The van der Waals surface area contributed by atoms with E-state index in [9.17, 15) is 9.59 Å². The van der Waals surface area contributed by atoms with Crippen LogP contribution in [-0.2, 0) is 15.3 Å². The van der Waals surface area contributed by atoms with Crippen molar-refractivity contribution in [2.75, 3.05) is 5.75 Å². The third-order valence-corrected chi connectivity index (χ3v) is 4.83. The Hall–Kier alpha value is -1.20. The normalized spacial score (nSPS) is 16.0. The summed E-state index contributed by atoms with van der Waals surface area (Å²) < 4.78 is 0. The summed E-state index contributed by atoms with van der Waals surface area (Å²) in [5.41, 5.74) is 0.559. The monoisotopic (exact) mass is 327 g/mol. The number of aliphatic carboxylic acids is 1. The maximum absolute atomic E-state index is 11.9. The highest BCUT2D eigenvalue weighted by atomic mass is 35.5. The van der Waals surface area contributed by atoms with Crippen LogP contribution in [0.5, 0.6) is 0 Å². The third kappa shape index (κ3) is 4.93. The van der Waals surface area contributed by atoms with Crippen LogP contribution >= 0.6 is 23.4 Å². The van der Waals surface area contributed by atoms with Crippen molar-refractivity contribution >= 4 is 35.2 Å². The Labute approximate surface area is 133 Å². The summed E-state index contributed by atoms with van der Waals surface area (Å²) in [5.74, 6) is 0.0814. The number of carboxylic acids is 1. The Morgan fingerprint density at radius 3 is 2.71 bits per heavy atom. The molecule has 0 atom stereocenters.